The maximum Gasteiger partial charge on any atom is 0.273 e. The van der Waals surface area contributed by atoms with Crippen LogP contribution in [0, 0.1) is 17.8 Å². The topological polar surface area (TPSA) is 134 Å². The van der Waals surface area contributed by atoms with Crippen LogP contribution in [0.2, 0.25) is 0 Å². The maximum atomic E-state index is 13.9. The monoisotopic (exact) mass is 719 g/mol. The molecule has 1 aromatic rings. The molecule has 1 heterocycles. The molecule has 50 heavy (non-hydrogen) atoms. The Hall–Kier alpha value is -2.67. The minimum Gasteiger partial charge on any atom is -0.616 e. The van der Waals surface area contributed by atoms with Crippen molar-refractivity contribution < 1.29 is 28.5 Å². The second-order valence-electron chi connectivity index (χ2n) is 14.7. The van der Waals surface area contributed by atoms with E-state index in [1.54, 1.807) is 25.3 Å². The first-order valence-corrected chi connectivity index (χ1v) is 19.9. The molecule has 284 valence electrons. The summed E-state index contributed by atoms with van der Waals surface area (Å²) in [6.07, 6.45) is 4.71. The summed E-state index contributed by atoms with van der Waals surface area (Å²) >= 11 is -1.40. The number of nitrogens with zero attached hydrogens (tertiary/aromatic N) is 3. The highest BCUT2D eigenvalue weighted by molar-refractivity contribution is 7.92. The third-order valence-electron chi connectivity index (χ3n) is 10.2. The largest absolute Gasteiger partial charge is 0.616 e. The molecule has 1 aromatic carbocycles. The van der Waals surface area contributed by atoms with E-state index >= 15 is 0 Å². The van der Waals surface area contributed by atoms with Gasteiger partial charge in [-0.15, -0.1) is 0 Å². The number of amides is 4. The second-order valence-corrected chi connectivity index (χ2v) is 16.3. The van der Waals surface area contributed by atoms with Gasteiger partial charge in [0.15, 0.2) is 5.25 Å². The molecule has 0 saturated carbocycles. The molecule has 1 saturated heterocycles. The third-order valence-corrected chi connectivity index (χ3v) is 11.4. The normalized spacial score (nSPS) is 19.0. The van der Waals surface area contributed by atoms with Crippen LogP contribution in [0.5, 0.6) is 0 Å². The van der Waals surface area contributed by atoms with Crippen LogP contribution >= 0.6 is 0 Å². The highest BCUT2D eigenvalue weighted by Gasteiger charge is 2.40. The first-order chi connectivity index (χ1) is 23.6. The molecule has 0 bridgehead atoms. The molecular formula is C38H65N5O6S. The number of likely N-dealkylation sites (N-methyl/N-ethyl adjacent to an activating group) is 2. The van der Waals surface area contributed by atoms with Gasteiger partial charge in [-0.3, -0.25) is 24.1 Å². The van der Waals surface area contributed by atoms with Crippen molar-refractivity contribution in [3.63, 3.8) is 0 Å². The lowest BCUT2D eigenvalue weighted by molar-refractivity contribution is -0.143. The molecule has 1 aliphatic heterocycles. The van der Waals surface area contributed by atoms with Gasteiger partial charge in [-0.2, -0.15) is 0 Å². The first-order valence-electron chi connectivity index (χ1n) is 18.3. The molecule has 0 aliphatic carbocycles. The summed E-state index contributed by atoms with van der Waals surface area (Å²) in [4.78, 5) is 58.9. The Bertz CT molecular complexity index is 1190. The van der Waals surface area contributed by atoms with Gasteiger partial charge in [0.05, 0.1) is 30.9 Å². The molecule has 2 rings (SSSR count). The summed E-state index contributed by atoms with van der Waals surface area (Å²) in [6.45, 7) is 11.5. The van der Waals surface area contributed by atoms with Crippen LogP contribution in [0.15, 0.2) is 30.3 Å². The fourth-order valence-electron chi connectivity index (χ4n) is 7.20. The number of hydrogen-bond acceptors (Lipinski definition) is 7. The highest BCUT2D eigenvalue weighted by atomic mass is 32.2. The van der Waals surface area contributed by atoms with E-state index < -0.39 is 22.5 Å². The minimum atomic E-state index is -1.40. The summed E-state index contributed by atoms with van der Waals surface area (Å²) < 4.78 is 18.7. The second kappa shape index (κ2) is 21.6. The number of ether oxygens (including phenoxy) is 1. The van der Waals surface area contributed by atoms with Gasteiger partial charge in [-0.1, -0.05) is 71.4 Å². The summed E-state index contributed by atoms with van der Waals surface area (Å²) in [7, 11) is 7.13. The average molecular weight is 720 g/mol. The van der Waals surface area contributed by atoms with Gasteiger partial charge < -0.3 is 29.7 Å². The zero-order valence-corrected chi connectivity index (χ0v) is 33.1. The lowest BCUT2D eigenvalue weighted by Crippen LogP contribution is -2.52. The van der Waals surface area contributed by atoms with Gasteiger partial charge in [0.1, 0.15) is 0 Å². The molecule has 0 aromatic heterocycles. The predicted molar refractivity (Wildman–Crippen MR) is 201 cm³/mol. The smallest absolute Gasteiger partial charge is 0.273 e. The fourth-order valence-corrected chi connectivity index (χ4v) is 8.08. The molecule has 8 atom stereocenters. The molecule has 1 fully saturated rings. The summed E-state index contributed by atoms with van der Waals surface area (Å²) in [6, 6.07) is 9.10. The number of nitrogens with one attached hydrogen (secondary N) is 2. The van der Waals surface area contributed by atoms with Crippen molar-refractivity contribution in [1.29, 1.82) is 0 Å². The van der Waals surface area contributed by atoms with E-state index in [2.05, 4.69) is 24.5 Å². The van der Waals surface area contributed by atoms with E-state index in [0.29, 0.717) is 32.5 Å². The van der Waals surface area contributed by atoms with E-state index in [1.807, 2.05) is 75.0 Å². The zero-order chi connectivity index (χ0) is 37.5. The van der Waals surface area contributed by atoms with Crippen molar-refractivity contribution in [2.24, 2.45) is 17.8 Å². The number of methoxy groups -OCH3 is 1. The van der Waals surface area contributed by atoms with Crippen molar-refractivity contribution in [2.45, 2.75) is 109 Å². The van der Waals surface area contributed by atoms with Crippen LogP contribution < -0.4 is 10.6 Å². The molecule has 1 aliphatic rings. The standard InChI is InChI=1S/C38H65N5O6S/c1-11-28(5)36(42(8)33(44)22-27(4)25-40-38(47)35(26(2)3)41(6)7)31(49-9)24-34(45)43-21-15-18-30(43)23-32(50(10)48)37(46)39-20-19-29-16-13-12-14-17-29/h12-14,16-17,26-28,30-32,35-36H,11,15,18-25H2,1-10H3,(H,39,46)(H,40,47). The number of benzene rings is 1. The number of hydrogen-bond donors (Lipinski definition) is 2. The summed E-state index contributed by atoms with van der Waals surface area (Å²) in [5.41, 5.74) is 1.11. The molecule has 12 heteroatoms. The summed E-state index contributed by atoms with van der Waals surface area (Å²) in [5.74, 6) is -0.319. The van der Waals surface area contributed by atoms with Crippen LogP contribution in [-0.2, 0) is 41.5 Å². The van der Waals surface area contributed by atoms with Crippen molar-refractivity contribution >= 4 is 34.8 Å². The van der Waals surface area contributed by atoms with E-state index in [-0.39, 0.29) is 72.3 Å². The fraction of sp³-hybridized carbons (Fsp3) is 0.737. The Balaban J connectivity index is 2.05. The van der Waals surface area contributed by atoms with Gasteiger partial charge in [0.25, 0.3) is 5.91 Å². The van der Waals surface area contributed by atoms with Crippen LogP contribution in [0.3, 0.4) is 0 Å². The SMILES string of the molecule is CCC(C)C(C(CC(=O)N1CCCC1CC(C(=O)NCCc1ccccc1)[S+](C)[O-])OC)N(C)C(=O)CC(C)CNC(=O)C(C(C)C)N(C)C. The molecule has 2 N–H and O–H groups in total. The van der Waals surface area contributed by atoms with Crippen LogP contribution in [0.25, 0.3) is 0 Å². The number of carbonyl (C=O) groups excluding carboxylic acids is 4. The third kappa shape index (κ3) is 13.1. The lowest BCUT2D eigenvalue weighted by atomic mass is 9.90. The van der Waals surface area contributed by atoms with Crippen molar-refractivity contribution in [2.75, 3.05) is 54.1 Å². The lowest BCUT2D eigenvalue weighted by Gasteiger charge is -2.39. The highest BCUT2D eigenvalue weighted by Crippen LogP contribution is 2.28. The Morgan fingerprint density at radius 2 is 1.68 bits per heavy atom. The van der Waals surface area contributed by atoms with Crippen molar-refractivity contribution in [3.05, 3.63) is 35.9 Å². The van der Waals surface area contributed by atoms with Gasteiger partial charge in [0.2, 0.25) is 17.7 Å². The molecular weight excluding hydrogens is 655 g/mol. The van der Waals surface area contributed by atoms with Gasteiger partial charge in [-0.25, -0.2) is 0 Å². The maximum absolute atomic E-state index is 13.9. The average Bonchev–Trinajstić information content (AvgIpc) is 3.54. The Kier molecular flexibility index (Phi) is 18.8. The van der Waals surface area contributed by atoms with E-state index in [0.717, 1.165) is 24.8 Å². The molecule has 0 spiro atoms. The van der Waals surface area contributed by atoms with Crippen molar-refractivity contribution in [3.8, 4) is 0 Å². The number of rotatable bonds is 21. The van der Waals surface area contributed by atoms with Crippen molar-refractivity contribution in [1.82, 2.24) is 25.3 Å². The van der Waals surface area contributed by atoms with E-state index in [4.69, 9.17) is 4.74 Å². The first kappa shape index (κ1) is 43.5. The van der Waals surface area contributed by atoms with Gasteiger partial charge in [0, 0.05) is 52.7 Å². The summed E-state index contributed by atoms with van der Waals surface area (Å²) in [5, 5.41) is 5.26. The van der Waals surface area contributed by atoms with Crippen LogP contribution in [-0.4, -0.2) is 127 Å². The quantitative estimate of drug-likeness (QED) is 0.186. The Morgan fingerprint density at radius 1 is 1.02 bits per heavy atom. The molecule has 8 unspecified atom stereocenters. The molecule has 0 radical (unpaired) electrons. The van der Waals surface area contributed by atoms with Gasteiger partial charge >= 0.3 is 0 Å². The minimum absolute atomic E-state index is 0.0477. The number of carbonyl (C=O) groups is 4. The van der Waals surface area contributed by atoms with Gasteiger partial charge in [-0.05, 0) is 67.9 Å². The van der Waals surface area contributed by atoms with E-state index in [9.17, 15) is 23.7 Å². The molecule has 4 amide bonds. The molecule has 11 nitrogen and oxygen atoms in total. The van der Waals surface area contributed by atoms with Crippen LogP contribution in [0.4, 0.5) is 0 Å². The predicted octanol–water partition coefficient (Wildman–Crippen LogP) is 3.48. The number of likely N-dealkylation sites (tertiary alicyclic amines) is 1. The Morgan fingerprint density at radius 3 is 2.24 bits per heavy atom. The van der Waals surface area contributed by atoms with Crippen LogP contribution in [0.1, 0.15) is 78.7 Å². The zero-order valence-electron chi connectivity index (χ0n) is 32.3. The van der Waals surface area contributed by atoms with E-state index in [1.165, 1.54) is 0 Å². The Labute approximate surface area is 304 Å².